The van der Waals surface area contributed by atoms with Gasteiger partial charge in [0, 0.05) is 50.8 Å². The molecule has 1 aromatic heterocycles. The number of allylic oxidation sites excluding steroid dienone is 3. The molecule has 0 N–H and O–H groups in total. The topological polar surface area (TPSA) is 55.8 Å². The van der Waals surface area contributed by atoms with Crippen LogP contribution in [0.4, 0.5) is 11.4 Å². The van der Waals surface area contributed by atoms with Crippen molar-refractivity contribution in [3.05, 3.63) is 168 Å². The van der Waals surface area contributed by atoms with Crippen molar-refractivity contribution in [3.8, 4) is 40.1 Å². The van der Waals surface area contributed by atoms with Gasteiger partial charge in [0.25, 0.3) is 0 Å². The van der Waals surface area contributed by atoms with Crippen molar-refractivity contribution in [2.45, 2.75) is 31.2 Å². The Hall–Kier alpha value is -6.36. The smallest absolute Gasteiger partial charge is 0.0992 e. The number of hydrogen-bond donors (Lipinski definition) is 0. The average Bonchev–Trinajstić information content (AvgIpc) is 3.64. The molecule has 0 saturated carbocycles. The lowest BCUT2D eigenvalue weighted by Gasteiger charge is -2.41. The third-order valence-corrected chi connectivity index (χ3v) is 10.5. The second kappa shape index (κ2) is 11.1. The molecule has 2 unspecified atom stereocenters. The zero-order chi connectivity index (χ0) is 33.1. The van der Waals surface area contributed by atoms with E-state index in [0.717, 1.165) is 63.2 Å². The van der Waals surface area contributed by atoms with Crippen LogP contribution in [0.5, 0.6) is 0 Å². The normalized spacial score (nSPS) is 18.7. The Morgan fingerprint density at radius 3 is 2.43 bits per heavy atom. The van der Waals surface area contributed by atoms with Gasteiger partial charge in [-0.1, -0.05) is 97.1 Å². The average molecular weight is 629 g/mol. The van der Waals surface area contributed by atoms with Crippen LogP contribution in [-0.2, 0) is 6.42 Å². The fourth-order valence-electron chi connectivity index (χ4n) is 8.44. The number of fused-ring (bicyclic) bond motifs is 6. The van der Waals surface area contributed by atoms with Crippen LogP contribution in [0.25, 0.3) is 44.9 Å². The Kier molecular flexibility index (Phi) is 6.54. The lowest BCUT2D eigenvalue weighted by Crippen LogP contribution is -2.43. The van der Waals surface area contributed by atoms with Gasteiger partial charge in [0.05, 0.1) is 28.8 Å². The van der Waals surface area contributed by atoms with Gasteiger partial charge in [-0.3, -0.25) is 0 Å². The second-order valence-corrected chi connectivity index (χ2v) is 13.3. The standard InChI is InChI=1S/C45H32N4/c1-45-23-11-14-33(29-47)44(45)39-18-5-9-22-43(39)49(45)42-21-8-2-15-36(42)32-13-10-12-31(26-32)34-24-30(28-46)25-35(27-34)48-40-19-6-3-16-37(40)38-17-4-7-20-41(38)48/h2-6,8-19,21-27,44H,7,20H2,1H3. The first-order valence-electron chi connectivity index (χ1n) is 16.8. The SMILES string of the molecule is CC12C=CC=C(C#N)C1c1ccccc1N2c1ccccc1-c1cccc(-c2cc(C#N)cc(-n3c4c(c5ccccc53)C=CCC4)c2)c1. The molecule has 2 aliphatic carbocycles. The first kappa shape index (κ1) is 28.8. The van der Waals surface area contributed by atoms with Gasteiger partial charge in [0.2, 0.25) is 0 Å². The quantitative estimate of drug-likeness (QED) is 0.195. The molecule has 2 heterocycles. The number of nitriles is 2. The fraction of sp³-hybridized carbons (Fsp3) is 0.111. The number of rotatable bonds is 4. The maximum absolute atomic E-state index is 10.2. The highest BCUT2D eigenvalue weighted by Gasteiger charge is 2.50. The zero-order valence-electron chi connectivity index (χ0n) is 27.1. The van der Waals surface area contributed by atoms with Gasteiger partial charge in [-0.05, 0) is 90.6 Å². The van der Waals surface area contributed by atoms with E-state index < -0.39 is 5.54 Å². The summed E-state index contributed by atoms with van der Waals surface area (Å²) in [6.07, 6.45) is 12.7. The molecule has 9 rings (SSSR count). The fourth-order valence-corrected chi connectivity index (χ4v) is 8.44. The van der Waals surface area contributed by atoms with Crippen molar-refractivity contribution in [1.29, 1.82) is 10.5 Å². The van der Waals surface area contributed by atoms with Gasteiger partial charge in [-0.15, -0.1) is 0 Å². The molecule has 0 saturated heterocycles. The van der Waals surface area contributed by atoms with E-state index in [1.807, 2.05) is 24.3 Å². The molecule has 0 bridgehead atoms. The third kappa shape index (κ3) is 4.35. The molecular weight excluding hydrogens is 597 g/mol. The minimum Gasteiger partial charge on any atom is -0.330 e. The molecule has 0 radical (unpaired) electrons. The van der Waals surface area contributed by atoms with Crippen molar-refractivity contribution in [2.24, 2.45) is 0 Å². The molecule has 3 aliphatic rings. The third-order valence-electron chi connectivity index (χ3n) is 10.5. The summed E-state index contributed by atoms with van der Waals surface area (Å²) in [5.41, 5.74) is 13.3. The number of benzene rings is 5. The molecule has 0 fully saturated rings. The van der Waals surface area contributed by atoms with Crippen LogP contribution in [0.15, 0.2) is 145 Å². The zero-order valence-corrected chi connectivity index (χ0v) is 27.1. The highest BCUT2D eigenvalue weighted by atomic mass is 15.2. The van der Waals surface area contributed by atoms with E-state index in [4.69, 9.17) is 0 Å². The van der Waals surface area contributed by atoms with E-state index >= 15 is 0 Å². The summed E-state index contributed by atoms with van der Waals surface area (Å²) >= 11 is 0. The molecule has 232 valence electrons. The lowest BCUT2D eigenvalue weighted by atomic mass is 9.75. The van der Waals surface area contributed by atoms with E-state index in [1.165, 1.54) is 22.2 Å². The van der Waals surface area contributed by atoms with Crippen LogP contribution >= 0.6 is 0 Å². The maximum Gasteiger partial charge on any atom is 0.0992 e. The van der Waals surface area contributed by atoms with Crippen LogP contribution in [-0.4, -0.2) is 10.1 Å². The number of para-hydroxylation sites is 3. The van der Waals surface area contributed by atoms with Crippen molar-refractivity contribution in [1.82, 2.24) is 4.57 Å². The largest absolute Gasteiger partial charge is 0.330 e. The highest BCUT2D eigenvalue weighted by Crippen LogP contribution is 2.57. The van der Waals surface area contributed by atoms with Crippen molar-refractivity contribution in [3.63, 3.8) is 0 Å². The Bertz CT molecular complexity index is 2510. The predicted octanol–water partition coefficient (Wildman–Crippen LogP) is 10.8. The van der Waals surface area contributed by atoms with Crippen molar-refractivity contribution in [2.75, 3.05) is 4.90 Å². The van der Waals surface area contributed by atoms with E-state index in [1.54, 1.807) is 0 Å². The van der Waals surface area contributed by atoms with Crippen molar-refractivity contribution < 1.29 is 0 Å². The molecule has 0 spiro atoms. The first-order valence-corrected chi connectivity index (χ1v) is 16.8. The molecule has 0 amide bonds. The van der Waals surface area contributed by atoms with Gasteiger partial charge in [0.15, 0.2) is 0 Å². The van der Waals surface area contributed by atoms with E-state index in [9.17, 15) is 10.5 Å². The molecule has 5 aromatic carbocycles. The molecule has 6 aromatic rings. The Balaban J connectivity index is 1.18. The molecular formula is C45H32N4. The number of aromatic nitrogens is 1. The summed E-state index contributed by atoms with van der Waals surface area (Å²) in [7, 11) is 0. The Labute approximate surface area is 286 Å². The van der Waals surface area contributed by atoms with Gasteiger partial charge in [-0.25, -0.2) is 0 Å². The molecule has 49 heavy (non-hydrogen) atoms. The summed E-state index contributed by atoms with van der Waals surface area (Å²) in [5.74, 6) is -0.0590. The van der Waals surface area contributed by atoms with Gasteiger partial charge in [-0.2, -0.15) is 10.5 Å². The molecule has 1 aliphatic heterocycles. The van der Waals surface area contributed by atoms with E-state index in [2.05, 4.69) is 150 Å². The summed E-state index contributed by atoms with van der Waals surface area (Å²) in [6.45, 7) is 2.24. The van der Waals surface area contributed by atoms with Crippen LogP contribution in [0, 0.1) is 22.7 Å². The predicted molar refractivity (Wildman–Crippen MR) is 199 cm³/mol. The van der Waals surface area contributed by atoms with Gasteiger partial charge >= 0.3 is 0 Å². The summed E-state index contributed by atoms with van der Waals surface area (Å²) in [6, 6.07) is 45.4. The van der Waals surface area contributed by atoms with E-state index in [0.29, 0.717) is 5.56 Å². The summed E-state index contributed by atoms with van der Waals surface area (Å²) < 4.78 is 2.35. The minimum absolute atomic E-state index is 0.0590. The second-order valence-electron chi connectivity index (χ2n) is 13.3. The molecule has 2 atom stereocenters. The Morgan fingerprint density at radius 2 is 1.55 bits per heavy atom. The lowest BCUT2D eigenvalue weighted by molar-refractivity contribution is 0.531. The van der Waals surface area contributed by atoms with Crippen LogP contribution < -0.4 is 4.90 Å². The van der Waals surface area contributed by atoms with Crippen LogP contribution in [0.3, 0.4) is 0 Å². The number of nitrogens with zero attached hydrogens (tertiary/aromatic N) is 4. The Morgan fingerprint density at radius 1 is 0.755 bits per heavy atom. The highest BCUT2D eigenvalue weighted by molar-refractivity contribution is 5.94. The van der Waals surface area contributed by atoms with Crippen LogP contribution in [0.1, 0.15) is 41.6 Å². The van der Waals surface area contributed by atoms with E-state index in [-0.39, 0.29) is 5.92 Å². The number of anilines is 2. The summed E-state index contributed by atoms with van der Waals surface area (Å²) in [4.78, 5) is 2.42. The van der Waals surface area contributed by atoms with Crippen molar-refractivity contribution >= 4 is 28.4 Å². The maximum atomic E-state index is 10.2. The van der Waals surface area contributed by atoms with Gasteiger partial charge < -0.3 is 9.47 Å². The molecule has 4 heteroatoms. The minimum atomic E-state index is -0.443. The monoisotopic (exact) mass is 628 g/mol. The van der Waals surface area contributed by atoms with Crippen LogP contribution in [0.2, 0.25) is 0 Å². The number of hydrogen-bond acceptors (Lipinski definition) is 3. The summed E-state index contributed by atoms with van der Waals surface area (Å²) in [5, 5.41) is 21.6. The molecule has 4 nitrogen and oxygen atoms in total. The van der Waals surface area contributed by atoms with Gasteiger partial charge in [0.1, 0.15) is 0 Å². The first-order chi connectivity index (χ1) is 24.1.